The molecule has 0 saturated carbocycles. The van der Waals surface area contributed by atoms with E-state index >= 15 is 0 Å². The van der Waals surface area contributed by atoms with Gasteiger partial charge in [-0.2, -0.15) is 0 Å². The van der Waals surface area contributed by atoms with Crippen molar-refractivity contribution in [2.45, 2.75) is 25.8 Å². The number of hydrogen-bond donors (Lipinski definition) is 0. The van der Waals surface area contributed by atoms with Crippen molar-refractivity contribution < 1.29 is 9.72 Å². The topological polar surface area (TPSA) is 79.6 Å². The van der Waals surface area contributed by atoms with Crippen LogP contribution < -0.4 is 4.90 Å². The molecule has 150 valence electrons. The lowest BCUT2D eigenvalue weighted by Crippen LogP contribution is -2.31. The summed E-state index contributed by atoms with van der Waals surface area (Å²) in [5.41, 5.74) is 1.98. The van der Waals surface area contributed by atoms with E-state index in [2.05, 4.69) is 9.88 Å². The largest absolute Gasteiger partial charge is 0.371 e. The second-order valence-corrected chi connectivity index (χ2v) is 8.33. The van der Waals surface area contributed by atoms with Crippen LogP contribution in [0.25, 0.3) is 10.2 Å². The summed E-state index contributed by atoms with van der Waals surface area (Å²) in [7, 11) is 1.73. The summed E-state index contributed by atoms with van der Waals surface area (Å²) in [5.74, 6) is -0.234. The molecule has 1 aromatic heterocycles. The third-order valence-corrected chi connectivity index (χ3v) is 6.64. The molecular weight excluding hydrogens is 388 g/mol. The van der Waals surface area contributed by atoms with Crippen molar-refractivity contribution >= 4 is 38.8 Å². The van der Waals surface area contributed by atoms with Crippen LogP contribution in [-0.2, 0) is 0 Å². The summed E-state index contributed by atoms with van der Waals surface area (Å²) in [6.45, 7) is 3.65. The first-order chi connectivity index (χ1) is 14.0. The average Bonchev–Trinajstić information content (AvgIpc) is 3.41. The Morgan fingerprint density at radius 1 is 1.24 bits per heavy atom. The first-order valence-corrected chi connectivity index (χ1v) is 10.4. The molecule has 0 spiro atoms. The Morgan fingerprint density at radius 3 is 2.66 bits per heavy atom. The normalized spacial score (nSPS) is 14.9. The van der Waals surface area contributed by atoms with Gasteiger partial charge in [0.2, 0.25) is 0 Å². The number of benzene rings is 2. The molecule has 0 unspecified atom stereocenters. The number of nitrogens with zero attached hydrogens (tertiary/aromatic N) is 4. The van der Waals surface area contributed by atoms with Gasteiger partial charge in [0.25, 0.3) is 11.6 Å². The van der Waals surface area contributed by atoms with Crippen molar-refractivity contribution in [3.63, 3.8) is 0 Å². The average molecular weight is 410 g/mol. The van der Waals surface area contributed by atoms with Gasteiger partial charge >= 0.3 is 0 Å². The maximum absolute atomic E-state index is 13.4. The minimum absolute atomic E-state index is 0.0719. The maximum atomic E-state index is 13.4. The molecule has 1 atom stereocenters. The van der Waals surface area contributed by atoms with E-state index in [4.69, 9.17) is 0 Å². The molecule has 1 aliphatic heterocycles. The lowest BCUT2D eigenvalue weighted by Gasteiger charge is -2.27. The minimum Gasteiger partial charge on any atom is -0.371 e. The minimum atomic E-state index is -0.457. The zero-order chi connectivity index (χ0) is 20.5. The van der Waals surface area contributed by atoms with E-state index in [1.807, 2.05) is 31.2 Å². The molecule has 29 heavy (non-hydrogen) atoms. The number of anilines is 1. The zero-order valence-corrected chi connectivity index (χ0v) is 17.2. The second-order valence-electron chi connectivity index (χ2n) is 7.26. The number of non-ortho nitro benzene ring substituents is 1. The van der Waals surface area contributed by atoms with Gasteiger partial charge in [-0.3, -0.25) is 14.9 Å². The van der Waals surface area contributed by atoms with Gasteiger partial charge in [-0.25, -0.2) is 4.98 Å². The highest BCUT2D eigenvalue weighted by Gasteiger charge is 2.27. The Kier molecular flexibility index (Phi) is 5.19. The van der Waals surface area contributed by atoms with Gasteiger partial charge in [-0.15, -0.1) is 11.3 Å². The Balaban J connectivity index is 1.68. The lowest BCUT2D eigenvalue weighted by molar-refractivity contribution is -0.384. The lowest BCUT2D eigenvalue weighted by atomic mass is 10.1. The number of hydrogen-bond acceptors (Lipinski definition) is 6. The number of nitro groups is 1. The fraction of sp³-hybridized carbons (Fsp3) is 0.333. The molecule has 8 heteroatoms. The van der Waals surface area contributed by atoms with Gasteiger partial charge < -0.3 is 9.80 Å². The van der Waals surface area contributed by atoms with E-state index in [0.29, 0.717) is 5.56 Å². The highest BCUT2D eigenvalue weighted by Crippen LogP contribution is 2.33. The predicted molar refractivity (Wildman–Crippen MR) is 115 cm³/mol. The SMILES string of the molecule is C[C@H](c1nc2ccccc2s1)N(C)C(=O)c1cc([N+](=O)[O-])ccc1N1CCCC1. The zero-order valence-electron chi connectivity index (χ0n) is 16.4. The quantitative estimate of drug-likeness (QED) is 0.452. The smallest absolute Gasteiger partial charge is 0.270 e. The summed E-state index contributed by atoms with van der Waals surface area (Å²) >= 11 is 1.56. The van der Waals surface area contributed by atoms with Gasteiger partial charge in [0.05, 0.1) is 32.4 Å². The van der Waals surface area contributed by atoms with Crippen molar-refractivity contribution in [1.82, 2.24) is 9.88 Å². The number of rotatable bonds is 5. The monoisotopic (exact) mass is 410 g/mol. The molecule has 7 nitrogen and oxygen atoms in total. The fourth-order valence-corrected chi connectivity index (χ4v) is 4.71. The first kappa shape index (κ1) is 19.3. The third-order valence-electron chi connectivity index (χ3n) is 5.44. The van der Waals surface area contributed by atoms with Gasteiger partial charge in [0, 0.05) is 32.3 Å². The Hall–Kier alpha value is -3.00. The van der Waals surface area contributed by atoms with E-state index in [1.165, 1.54) is 12.1 Å². The number of carbonyl (C=O) groups excluding carboxylic acids is 1. The van der Waals surface area contributed by atoms with Crippen molar-refractivity contribution in [2.75, 3.05) is 25.0 Å². The van der Waals surface area contributed by atoms with Crippen LogP contribution in [0.5, 0.6) is 0 Å². The molecule has 1 amide bonds. The number of thiazole rings is 1. The third kappa shape index (κ3) is 3.67. The molecule has 0 radical (unpaired) electrons. The molecular formula is C21H22N4O3S. The molecule has 0 aliphatic carbocycles. The van der Waals surface area contributed by atoms with E-state index in [9.17, 15) is 14.9 Å². The number of nitro benzene ring substituents is 1. The van der Waals surface area contributed by atoms with Crippen LogP contribution in [0.2, 0.25) is 0 Å². The van der Waals surface area contributed by atoms with Crippen LogP contribution in [-0.4, -0.2) is 40.9 Å². The molecule has 2 aromatic carbocycles. The van der Waals surface area contributed by atoms with Gasteiger partial charge in [0.1, 0.15) is 5.01 Å². The Labute approximate surface area is 172 Å². The van der Waals surface area contributed by atoms with Gasteiger partial charge in [0.15, 0.2) is 0 Å². The van der Waals surface area contributed by atoms with Crippen LogP contribution in [0.15, 0.2) is 42.5 Å². The van der Waals surface area contributed by atoms with Crippen LogP contribution in [0.1, 0.15) is 41.2 Å². The number of carbonyl (C=O) groups is 1. The van der Waals surface area contributed by atoms with E-state index < -0.39 is 4.92 Å². The van der Waals surface area contributed by atoms with Crippen molar-refractivity contribution in [1.29, 1.82) is 0 Å². The molecule has 1 aliphatic rings. The number of aromatic nitrogens is 1. The molecule has 0 bridgehead atoms. The molecule has 1 fully saturated rings. The standard InChI is InChI=1S/C21H22N4O3S/c1-14(20-22-17-7-3-4-8-19(17)29-20)23(2)21(26)16-13-15(25(27)28)9-10-18(16)24-11-5-6-12-24/h3-4,7-10,13-14H,5-6,11-12H2,1-2H3/t14-/m1/s1. The summed E-state index contributed by atoms with van der Waals surface area (Å²) in [6.07, 6.45) is 2.12. The number of amides is 1. The van der Waals surface area contributed by atoms with Crippen LogP contribution >= 0.6 is 11.3 Å². The molecule has 4 rings (SSSR count). The van der Waals surface area contributed by atoms with Crippen molar-refractivity contribution in [2.24, 2.45) is 0 Å². The Morgan fingerprint density at radius 2 is 1.97 bits per heavy atom. The molecule has 1 saturated heterocycles. The van der Waals surface area contributed by atoms with Crippen molar-refractivity contribution in [3.8, 4) is 0 Å². The summed E-state index contributed by atoms with van der Waals surface area (Å²) in [5, 5.41) is 12.1. The highest BCUT2D eigenvalue weighted by atomic mass is 32.1. The van der Waals surface area contributed by atoms with Gasteiger partial charge in [-0.1, -0.05) is 12.1 Å². The molecule has 0 N–H and O–H groups in total. The van der Waals surface area contributed by atoms with Crippen molar-refractivity contribution in [3.05, 3.63) is 63.1 Å². The van der Waals surface area contributed by atoms with Crippen LogP contribution in [0.3, 0.4) is 0 Å². The Bertz CT molecular complexity index is 1040. The number of para-hydroxylation sites is 1. The van der Waals surface area contributed by atoms with E-state index in [1.54, 1.807) is 29.4 Å². The van der Waals surface area contributed by atoms with Crippen LogP contribution in [0, 0.1) is 10.1 Å². The summed E-state index contributed by atoms with van der Waals surface area (Å²) in [6, 6.07) is 12.2. The van der Waals surface area contributed by atoms with E-state index in [0.717, 1.165) is 46.8 Å². The maximum Gasteiger partial charge on any atom is 0.270 e. The predicted octanol–water partition coefficient (Wildman–Crippen LogP) is 4.64. The number of fused-ring (bicyclic) bond motifs is 1. The molecule has 2 heterocycles. The highest BCUT2D eigenvalue weighted by molar-refractivity contribution is 7.18. The van der Waals surface area contributed by atoms with Crippen LogP contribution in [0.4, 0.5) is 11.4 Å². The van der Waals surface area contributed by atoms with Gasteiger partial charge in [-0.05, 0) is 38.0 Å². The fourth-order valence-electron chi connectivity index (χ4n) is 3.64. The van der Waals surface area contributed by atoms with E-state index in [-0.39, 0.29) is 17.6 Å². The summed E-state index contributed by atoms with van der Waals surface area (Å²) in [4.78, 5) is 32.6. The first-order valence-electron chi connectivity index (χ1n) is 9.61. The summed E-state index contributed by atoms with van der Waals surface area (Å²) < 4.78 is 1.07. The second kappa shape index (κ2) is 7.79. The molecule has 3 aromatic rings.